The van der Waals surface area contributed by atoms with Crippen LogP contribution in [0.5, 0.6) is 0 Å². The number of halogens is 1. The molecule has 0 amide bonds. The summed E-state index contributed by atoms with van der Waals surface area (Å²) >= 11 is 5.85. The molecule has 1 aromatic carbocycles. The van der Waals surface area contributed by atoms with E-state index in [4.69, 9.17) is 16.4 Å². The van der Waals surface area contributed by atoms with Gasteiger partial charge in [-0.2, -0.15) is 5.48 Å². The topological polar surface area (TPSA) is 21.3 Å². The Balaban J connectivity index is 1.82. The number of hydrogen-bond acceptors (Lipinski definition) is 2. The number of hydrogen-bond donors (Lipinski definition) is 1. The minimum Gasteiger partial charge on any atom is -0.298 e. The third kappa shape index (κ3) is 3.21. The first-order valence-corrected chi connectivity index (χ1v) is 6.30. The maximum Gasteiger partial charge on any atom is 0.0790 e. The third-order valence-corrected chi connectivity index (χ3v) is 3.34. The van der Waals surface area contributed by atoms with Crippen LogP contribution < -0.4 is 5.48 Å². The first kappa shape index (κ1) is 11.9. The molecule has 1 aliphatic rings. The highest BCUT2D eigenvalue weighted by Gasteiger charge is 2.16. The summed E-state index contributed by atoms with van der Waals surface area (Å²) in [5.74, 6) is 0. The zero-order valence-corrected chi connectivity index (χ0v) is 10.3. The van der Waals surface area contributed by atoms with Crippen molar-refractivity contribution in [3.63, 3.8) is 0 Å². The lowest BCUT2D eigenvalue weighted by Crippen LogP contribution is -2.24. The SMILES string of the molecule is CC(NOC1CCCC1)c1ccc(Cl)cc1. The largest absolute Gasteiger partial charge is 0.298 e. The second-order valence-corrected chi connectivity index (χ2v) is 4.85. The number of rotatable bonds is 4. The van der Waals surface area contributed by atoms with Crippen molar-refractivity contribution in [2.75, 3.05) is 0 Å². The second kappa shape index (κ2) is 5.67. The highest BCUT2D eigenvalue weighted by Crippen LogP contribution is 2.22. The molecule has 0 heterocycles. The van der Waals surface area contributed by atoms with Gasteiger partial charge in [0, 0.05) is 5.02 Å². The van der Waals surface area contributed by atoms with Crippen LogP contribution in [0.25, 0.3) is 0 Å². The van der Waals surface area contributed by atoms with E-state index in [-0.39, 0.29) is 6.04 Å². The molecule has 2 nitrogen and oxygen atoms in total. The average molecular weight is 240 g/mol. The Labute approximate surface area is 102 Å². The molecule has 1 unspecified atom stereocenters. The van der Waals surface area contributed by atoms with Gasteiger partial charge in [0.1, 0.15) is 0 Å². The van der Waals surface area contributed by atoms with Crippen LogP contribution in [-0.2, 0) is 4.84 Å². The summed E-state index contributed by atoms with van der Waals surface area (Å²) in [6.45, 7) is 2.10. The molecular formula is C13H18ClNO. The van der Waals surface area contributed by atoms with Gasteiger partial charge in [0.2, 0.25) is 0 Å². The van der Waals surface area contributed by atoms with Crippen LogP contribution in [0.1, 0.15) is 44.2 Å². The zero-order chi connectivity index (χ0) is 11.4. The van der Waals surface area contributed by atoms with Crippen LogP contribution in [0.2, 0.25) is 5.02 Å². The lowest BCUT2D eigenvalue weighted by Gasteiger charge is -2.17. The Morgan fingerprint density at radius 3 is 2.50 bits per heavy atom. The average Bonchev–Trinajstić information content (AvgIpc) is 2.80. The molecule has 0 saturated heterocycles. The summed E-state index contributed by atoms with van der Waals surface area (Å²) in [6, 6.07) is 8.07. The van der Waals surface area contributed by atoms with E-state index in [1.807, 2.05) is 24.3 Å². The van der Waals surface area contributed by atoms with Crippen molar-refractivity contribution in [1.29, 1.82) is 0 Å². The van der Waals surface area contributed by atoms with Crippen LogP contribution in [-0.4, -0.2) is 6.10 Å². The van der Waals surface area contributed by atoms with Crippen LogP contribution >= 0.6 is 11.6 Å². The fraction of sp³-hybridized carbons (Fsp3) is 0.538. The van der Waals surface area contributed by atoms with Gasteiger partial charge in [-0.25, -0.2) is 0 Å². The maximum absolute atomic E-state index is 5.85. The molecule has 1 N–H and O–H groups in total. The Kier molecular flexibility index (Phi) is 4.22. The summed E-state index contributed by atoms with van der Waals surface area (Å²) in [5.41, 5.74) is 4.31. The van der Waals surface area contributed by atoms with Gasteiger partial charge in [0.15, 0.2) is 0 Å². The third-order valence-electron chi connectivity index (χ3n) is 3.08. The lowest BCUT2D eigenvalue weighted by molar-refractivity contribution is -0.0376. The number of hydroxylamine groups is 1. The van der Waals surface area contributed by atoms with Crippen molar-refractivity contribution in [3.8, 4) is 0 Å². The molecule has 3 heteroatoms. The molecule has 1 aromatic rings. The van der Waals surface area contributed by atoms with Crippen molar-refractivity contribution < 1.29 is 4.84 Å². The maximum atomic E-state index is 5.85. The second-order valence-electron chi connectivity index (χ2n) is 4.42. The minimum absolute atomic E-state index is 0.206. The molecule has 1 atom stereocenters. The summed E-state index contributed by atoms with van der Waals surface area (Å²) in [5, 5.41) is 0.771. The van der Waals surface area contributed by atoms with Crippen molar-refractivity contribution >= 4 is 11.6 Å². The van der Waals surface area contributed by atoms with E-state index in [1.54, 1.807) is 0 Å². The van der Waals surface area contributed by atoms with Gasteiger partial charge in [-0.3, -0.25) is 4.84 Å². The minimum atomic E-state index is 0.206. The predicted octanol–water partition coefficient (Wildman–Crippen LogP) is 3.86. The smallest absolute Gasteiger partial charge is 0.0790 e. The summed E-state index contributed by atoms with van der Waals surface area (Å²) < 4.78 is 0. The molecule has 0 spiro atoms. The van der Waals surface area contributed by atoms with Gasteiger partial charge >= 0.3 is 0 Å². The molecule has 88 valence electrons. The van der Waals surface area contributed by atoms with Crippen molar-refractivity contribution in [1.82, 2.24) is 5.48 Å². The van der Waals surface area contributed by atoms with Gasteiger partial charge in [-0.05, 0) is 37.5 Å². The van der Waals surface area contributed by atoms with E-state index in [2.05, 4.69) is 12.4 Å². The molecule has 16 heavy (non-hydrogen) atoms. The van der Waals surface area contributed by atoms with E-state index in [9.17, 15) is 0 Å². The molecule has 0 aliphatic heterocycles. The van der Waals surface area contributed by atoms with Gasteiger partial charge < -0.3 is 0 Å². The van der Waals surface area contributed by atoms with E-state index < -0.39 is 0 Å². The molecule has 0 radical (unpaired) electrons. The fourth-order valence-corrected chi connectivity index (χ4v) is 2.15. The number of benzene rings is 1. The summed E-state index contributed by atoms with van der Waals surface area (Å²) in [6.07, 6.45) is 5.35. The normalized spacial score (nSPS) is 18.9. The van der Waals surface area contributed by atoms with E-state index in [0.717, 1.165) is 5.02 Å². The van der Waals surface area contributed by atoms with E-state index in [0.29, 0.717) is 6.10 Å². The zero-order valence-electron chi connectivity index (χ0n) is 9.58. The monoisotopic (exact) mass is 239 g/mol. The van der Waals surface area contributed by atoms with Crippen molar-refractivity contribution in [2.24, 2.45) is 0 Å². The molecule has 0 bridgehead atoms. The Morgan fingerprint density at radius 2 is 1.88 bits per heavy atom. The van der Waals surface area contributed by atoms with E-state index in [1.165, 1.54) is 31.2 Å². The van der Waals surface area contributed by atoms with Crippen LogP contribution in [0.3, 0.4) is 0 Å². The molecule has 0 aromatic heterocycles. The van der Waals surface area contributed by atoms with Gasteiger partial charge in [0.05, 0.1) is 12.1 Å². The standard InChI is InChI=1S/C13H18ClNO/c1-10(11-6-8-12(14)9-7-11)15-16-13-4-2-3-5-13/h6-10,13,15H,2-5H2,1H3. The predicted molar refractivity (Wildman–Crippen MR) is 66.3 cm³/mol. The molecule has 1 saturated carbocycles. The van der Waals surface area contributed by atoms with Gasteiger partial charge in [-0.15, -0.1) is 0 Å². The first-order chi connectivity index (χ1) is 7.75. The quantitative estimate of drug-likeness (QED) is 0.806. The molecule has 1 aliphatic carbocycles. The fourth-order valence-electron chi connectivity index (χ4n) is 2.02. The lowest BCUT2D eigenvalue weighted by atomic mass is 10.1. The van der Waals surface area contributed by atoms with Crippen molar-refractivity contribution in [3.05, 3.63) is 34.9 Å². The van der Waals surface area contributed by atoms with Gasteiger partial charge in [-0.1, -0.05) is 36.6 Å². The molecule has 2 rings (SSSR count). The highest BCUT2D eigenvalue weighted by atomic mass is 35.5. The summed E-state index contributed by atoms with van der Waals surface area (Å²) in [7, 11) is 0. The van der Waals surface area contributed by atoms with E-state index >= 15 is 0 Å². The van der Waals surface area contributed by atoms with Crippen LogP contribution in [0.4, 0.5) is 0 Å². The number of nitrogens with one attached hydrogen (secondary N) is 1. The molecule has 1 fully saturated rings. The Morgan fingerprint density at radius 1 is 1.25 bits per heavy atom. The van der Waals surface area contributed by atoms with Gasteiger partial charge in [0.25, 0.3) is 0 Å². The van der Waals surface area contributed by atoms with Crippen molar-refractivity contribution in [2.45, 2.75) is 44.8 Å². The highest BCUT2D eigenvalue weighted by molar-refractivity contribution is 6.30. The van der Waals surface area contributed by atoms with Crippen LogP contribution in [0.15, 0.2) is 24.3 Å². The Hall–Kier alpha value is -0.570. The first-order valence-electron chi connectivity index (χ1n) is 5.92. The molecular weight excluding hydrogens is 222 g/mol. The Bertz CT molecular complexity index is 319. The summed E-state index contributed by atoms with van der Waals surface area (Å²) in [4.78, 5) is 5.67. The van der Waals surface area contributed by atoms with Crippen LogP contribution in [0, 0.1) is 0 Å².